The number of halogens is 3. The van der Waals surface area contributed by atoms with Crippen molar-refractivity contribution in [2.75, 3.05) is 32.7 Å². The number of rotatable bonds is 8. The summed E-state index contributed by atoms with van der Waals surface area (Å²) in [5.74, 6) is -3.34. The molecule has 0 radical (unpaired) electrons. The topological polar surface area (TPSA) is 111 Å². The number of thioether (sulfide) groups is 1. The van der Waals surface area contributed by atoms with Crippen molar-refractivity contribution in [3.63, 3.8) is 0 Å². The monoisotopic (exact) mass is 618 g/mol. The highest BCUT2D eigenvalue weighted by Crippen LogP contribution is 2.37. The van der Waals surface area contributed by atoms with Crippen molar-refractivity contribution < 1.29 is 42.2 Å². The minimum Gasteiger partial charge on any atom is -0.493 e. The van der Waals surface area contributed by atoms with Crippen molar-refractivity contribution in [2.45, 2.75) is 0 Å². The Morgan fingerprint density at radius 1 is 1.17 bits per heavy atom. The fraction of sp³-hybridized carbons (Fsp3) is 0.182. The summed E-state index contributed by atoms with van der Waals surface area (Å²) in [5.41, 5.74) is 0.218. The van der Waals surface area contributed by atoms with Gasteiger partial charge in [-0.15, -0.1) is 0 Å². The molecular formula is C22H17F2IN2O7S. The number of ether oxygens (including phenoxy) is 3. The molecule has 1 saturated heterocycles. The lowest BCUT2D eigenvalue weighted by Gasteiger charge is -2.13. The highest BCUT2D eigenvalue weighted by molar-refractivity contribution is 14.1. The van der Waals surface area contributed by atoms with Crippen molar-refractivity contribution in [3.8, 4) is 11.5 Å². The number of nitrogens with one attached hydrogen (secondary N) is 1. The molecule has 0 unspecified atom stereocenters. The maximum Gasteiger partial charge on any atom is 0.343 e. The Bertz CT molecular complexity index is 1240. The zero-order valence-electron chi connectivity index (χ0n) is 18.2. The summed E-state index contributed by atoms with van der Waals surface area (Å²) in [6, 6.07) is 5.78. The fourth-order valence-corrected chi connectivity index (χ4v) is 4.48. The smallest absolute Gasteiger partial charge is 0.343 e. The molecule has 0 aromatic heterocycles. The lowest BCUT2D eigenvalue weighted by Crippen LogP contribution is -2.36. The van der Waals surface area contributed by atoms with Gasteiger partial charge in [0.1, 0.15) is 18.2 Å². The molecule has 1 heterocycles. The lowest BCUT2D eigenvalue weighted by atomic mass is 10.2. The molecule has 3 rings (SSSR count). The van der Waals surface area contributed by atoms with E-state index in [-0.39, 0.29) is 22.9 Å². The molecule has 0 spiro atoms. The summed E-state index contributed by atoms with van der Waals surface area (Å²) in [5, 5.41) is 1.52. The van der Waals surface area contributed by atoms with Gasteiger partial charge in [-0.05, 0) is 70.3 Å². The van der Waals surface area contributed by atoms with E-state index in [2.05, 4.69) is 10.1 Å². The van der Waals surface area contributed by atoms with Crippen LogP contribution in [0.4, 0.5) is 19.3 Å². The summed E-state index contributed by atoms with van der Waals surface area (Å²) in [6.07, 6.45) is 1.44. The molecule has 184 valence electrons. The number of anilines is 1. The standard InChI is InChI=1S/C22H17F2IN2O7S/c1-32-16-6-11(5-14(25)20(16)34-10-19(29)33-2)7-17-21(30)27(22(31)35-17)9-18(28)26-15-4-3-12(23)8-13(15)24/h3-8H,9-10H2,1-2H3,(H,26,28)/b17-7-. The van der Waals surface area contributed by atoms with E-state index in [9.17, 15) is 28.0 Å². The molecule has 1 fully saturated rings. The Kier molecular flexibility index (Phi) is 8.67. The number of esters is 1. The minimum atomic E-state index is -0.991. The molecule has 0 aliphatic carbocycles. The van der Waals surface area contributed by atoms with Crippen molar-refractivity contribution in [1.82, 2.24) is 4.90 Å². The molecule has 1 aliphatic rings. The third-order valence-corrected chi connectivity index (χ3v) is 6.20. The number of imide groups is 1. The number of amides is 3. The van der Waals surface area contributed by atoms with E-state index in [1.807, 2.05) is 22.6 Å². The highest BCUT2D eigenvalue weighted by Gasteiger charge is 2.36. The Hall–Kier alpha value is -3.20. The van der Waals surface area contributed by atoms with Gasteiger partial charge in [-0.3, -0.25) is 19.3 Å². The summed E-state index contributed by atoms with van der Waals surface area (Å²) in [6.45, 7) is -0.981. The lowest BCUT2D eigenvalue weighted by molar-refractivity contribution is -0.143. The van der Waals surface area contributed by atoms with E-state index in [0.717, 1.165) is 12.1 Å². The summed E-state index contributed by atoms with van der Waals surface area (Å²) in [7, 11) is 2.63. The molecular weight excluding hydrogens is 601 g/mol. The minimum absolute atomic E-state index is 0.0526. The number of nitrogens with zero attached hydrogens (tertiary/aromatic N) is 1. The second-order valence-corrected chi connectivity index (χ2v) is 8.99. The molecule has 9 nitrogen and oxygen atoms in total. The van der Waals surface area contributed by atoms with Gasteiger partial charge in [0.05, 0.1) is 28.4 Å². The quantitative estimate of drug-likeness (QED) is 0.270. The van der Waals surface area contributed by atoms with Gasteiger partial charge in [-0.2, -0.15) is 0 Å². The van der Waals surface area contributed by atoms with Gasteiger partial charge in [-0.25, -0.2) is 13.6 Å². The molecule has 3 amide bonds. The average molecular weight is 618 g/mol. The zero-order valence-corrected chi connectivity index (χ0v) is 21.2. The van der Waals surface area contributed by atoms with Crippen LogP contribution in [0, 0.1) is 15.2 Å². The SMILES string of the molecule is COC(=O)COc1c(I)cc(/C=C2\SC(=O)N(CC(=O)Nc3ccc(F)cc3F)C2=O)cc1OC. The third-order valence-electron chi connectivity index (χ3n) is 4.49. The van der Waals surface area contributed by atoms with Crippen LogP contribution in [0.3, 0.4) is 0 Å². The molecule has 35 heavy (non-hydrogen) atoms. The first kappa shape index (κ1) is 26.4. The number of hydrogen-bond acceptors (Lipinski definition) is 8. The van der Waals surface area contributed by atoms with Crippen molar-refractivity contribution in [2.24, 2.45) is 0 Å². The van der Waals surface area contributed by atoms with Crippen molar-refractivity contribution >= 4 is 69.1 Å². The first-order chi connectivity index (χ1) is 16.6. The van der Waals surface area contributed by atoms with E-state index >= 15 is 0 Å². The Balaban J connectivity index is 1.74. The molecule has 0 bridgehead atoms. The first-order valence-corrected chi connectivity index (χ1v) is 11.6. The molecule has 1 aliphatic heterocycles. The second kappa shape index (κ2) is 11.5. The van der Waals surface area contributed by atoms with Crippen molar-refractivity contribution in [1.29, 1.82) is 0 Å². The number of carbonyl (C=O) groups is 4. The number of methoxy groups -OCH3 is 2. The fourth-order valence-electron chi connectivity index (χ4n) is 2.87. The molecule has 2 aromatic rings. The Morgan fingerprint density at radius 2 is 1.91 bits per heavy atom. The van der Waals surface area contributed by atoms with Crippen molar-refractivity contribution in [3.05, 3.63) is 56.0 Å². The van der Waals surface area contributed by atoms with Gasteiger partial charge < -0.3 is 19.5 Å². The van der Waals surface area contributed by atoms with Crippen LogP contribution >= 0.6 is 34.4 Å². The molecule has 2 aromatic carbocycles. The van der Waals surface area contributed by atoms with Gasteiger partial charge >= 0.3 is 5.97 Å². The van der Waals surface area contributed by atoms with Crippen LogP contribution in [0.2, 0.25) is 0 Å². The Morgan fingerprint density at radius 3 is 2.57 bits per heavy atom. The highest BCUT2D eigenvalue weighted by atomic mass is 127. The van der Waals surface area contributed by atoms with E-state index in [0.29, 0.717) is 37.6 Å². The molecule has 13 heteroatoms. The van der Waals surface area contributed by atoms with E-state index < -0.39 is 41.2 Å². The first-order valence-electron chi connectivity index (χ1n) is 9.70. The second-order valence-electron chi connectivity index (χ2n) is 6.84. The largest absolute Gasteiger partial charge is 0.493 e. The Labute approximate surface area is 215 Å². The third kappa shape index (κ3) is 6.48. The predicted octanol–water partition coefficient (Wildman–Crippen LogP) is 3.80. The summed E-state index contributed by atoms with van der Waals surface area (Å²) < 4.78 is 42.6. The van der Waals surface area contributed by atoms with Crippen LogP contribution < -0.4 is 14.8 Å². The van der Waals surface area contributed by atoms with Crippen LogP contribution in [0.5, 0.6) is 11.5 Å². The maximum absolute atomic E-state index is 13.8. The van der Waals surface area contributed by atoms with Gasteiger partial charge in [0, 0.05) is 6.07 Å². The number of carbonyl (C=O) groups excluding carboxylic acids is 4. The van der Waals surface area contributed by atoms with Gasteiger partial charge in [0.25, 0.3) is 11.1 Å². The van der Waals surface area contributed by atoms with Crippen LogP contribution in [0.25, 0.3) is 6.08 Å². The average Bonchev–Trinajstić information content (AvgIpc) is 3.06. The van der Waals surface area contributed by atoms with Crippen LogP contribution in [0.15, 0.2) is 35.2 Å². The van der Waals surface area contributed by atoms with Gasteiger partial charge in [0.15, 0.2) is 18.1 Å². The predicted molar refractivity (Wildman–Crippen MR) is 131 cm³/mol. The zero-order chi connectivity index (χ0) is 25.7. The van der Waals surface area contributed by atoms with Gasteiger partial charge in [-0.1, -0.05) is 0 Å². The van der Waals surface area contributed by atoms with E-state index in [4.69, 9.17) is 9.47 Å². The van der Waals surface area contributed by atoms with Crippen LogP contribution in [-0.4, -0.2) is 55.3 Å². The molecule has 1 N–H and O–H groups in total. The summed E-state index contributed by atoms with van der Waals surface area (Å²) in [4.78, 5) is 49.5. The van der Waals surface area contributed by atoms with E-state index in [1.165, 1.54) is 20.3 Å². The normalized spacial score (nSPS) is 14.3. The van der Waals surface area contributed by atoms with Crippen LogP contribution in [-0.2, 0) is 19.1 Å². The maximum atomic E-state index is 13.8. The molecule has 0 saturated carbocycles. The van der Waals surface area contributed by atoms with E-state index in [1.54, 1.807) is 12.1 Å². The van der Waals surface area contributed by atoms with Crippen LogP contribution in [0.1, 0.15) is 5.56 Å². The number of benzene rings is 2. The molecule has 0 atom stereocenters. The van der Waals surface area contributed by atoms with Gasteiger partial charge in [0.2, 0.25) is 5.91 Å². The number of hydrogen-bond donors (Lipinski definition) is 1. The summed E-state index contributed by atoms with van der Waals surface area (Å²) >= 11 is 2.59.